The maximum Gasteiger partial charge on any atom is 0.157 e. The van der Waals surface area contributed by atoms with Crippen molar-refractivity contribution in [1.82, 2.24) is 0 Å². The van der Waals surface area contributed by atoms with Gasteiger partial charge < -0.3 is 9.47 Å². The van der Waals surface area contributed by atoms with Gasteiger partial charge in [0.25, 0.3) is 0 Å². The summed E-state index contributed by atoms with van der Waals surface area (Å²) in [5.41, 5.74) is 0. The third kappa shape index (κ3) is 2.73. The molecule has 0 aliphatic carbocycles. The maximum atomic E-state index is 10.0. The van der Waals surface area contributed by atoms with Crippen LogP contribution < -0.4 is 9.47 Å². The van der Waals surface area contributed by atoms with Crippen LogP contribution in [0.2, 0.25) is 0 Å². The third-order valence-electron chi connectivity index (χ3n) is 1.45. The van der Waals surface area contributed by atoms with E-state index in [0.717, 1.165) is 10.2 Å². The van der Waals surface area contributed by atoms with Crippen molar-refractivity contribution in [3.63, 3.8) is 0 Å². The first kappa shape index (κ1) is 10.1. The molecule has 0 atom stereocenters. The second-order valence-electron chi connectivity index (χ2n) is 2.27. The lowest BCUT2D eigenvalue weighted by molar-refractivity contribution is -0.109. The third-order valence-corrected chi connectivity index (χ3v) is 2.07. The van der Waals surface area contributed by atoms with Gasteiger partial charge in [-0.1, -0.05) is 0 Å². The average Bonchev–Trinajstić information content (AvgIpc) is 2.16. The van der Waals surface area contributed by atoms with E-state index in [-0.39, 0.29) is 6.61 Å². The van der Waals surface area contributed by atoms with Crippen molar-refractivity contribution in [2.75, 3.05) is 13.7 Å². The van der Waals surface area contributed by atoms with Gasteiger partial charge in [-0.05, 0) is 34.1 Å². The topological polar surface area (TPSA) is 35.5 Å². The fourth-order valence-corrected chi connectivity index (χ4v) is 1.32. The highest BCUT2D eigenvalue weighted by Gasteiger charge is 2.01. The molecule has 0 bridgehead atoms. The fraction of sp³-hybridized carbons (Fsp3) is 0.222. The van der Waals surface area contributed by atoms with Crippen LogP contribution in [0.25, 0.3) is 0 Å². The number of carbonyl (C=O) groups is 1. The summed E-state index contributed by atoms with van der Waals surface area (Å²) >= 11 is 3.30. The molecule has 0 radical (unpaired) electrons. The molecule has 0 aliphatic heterocycles. The number of halogens is 1. The van der Waals surface area contributed by atoms with Crippen molar-refractivity contribution >= 4 is 22.2 Å². The van der Waals surface area contributed by atoms with Crippen LogP contribution in [-0.4, -0.2) is 20.0 Å². The molecule has 0 fully saturated rings. The summed E-state index contributed by atoms with van der Waals surface area (Å²) in [5.74, 6) is 1.37. The van der Waals surface area contributed by atoms with Crippen molar-refractivity contribution < 1.29 is 14.3 Å². The molecule has 0 N–H and O–H groups in total. The number of rotatable bonds is 4. The minimum Gasteiger partial charge on any atom is -0.497 e. The van der Waals surface area contributed by atoms with Crippen molar-refractivity contribution in [2.45, 2.75) is 0 Å². The van der Waals surface area contributed by atoms with Crippen molar-refractivity contribution in [1.29, 1.82) is 0 Å². The van der Waals surface area contributed by atoms with Crippen LogP contribution in [0.1, 0.15) is 0 Å². The zero-order valence-electron chi connectivity index (χ0n) is 7.12. The van der Waals surface area contributed by atoms with E-state index in [2.05, 4.69) is 15.9 Å². The second kappa shape index (κ2) is 4.87. The molecule has 1 aromatic carbocycles. The summed E-state index contributed by atoms with van der Waals surface area (Å²) in [6, 6.07) is 5.29. The Labute approximate surface area is 84.8 Å². The molecule has 0 saturated heterocycles. The predicted molar refractivity (Wildman–Crippen MR) is 52.3 cm³/mol. The summed E-state index contributed by atoms with van der Waals surface area (Å²) in [7, 11) is 1.59. The number of carbonyl (C=O) groups excluding carboxylic acids is 1. The Morgan fingerprint density at radius 3 is 2.85 bits per heavy atom. The fourth-order valence-electron chi connectivity index (χ4n) is 0.849. The number of aldehydes is 1. The van der Waals surface area contributed by atoms with Crippen LogP contribution >= 0.6 is 15.9 Å². The van der Waals surface area contributed by atoms with Gasteiger partial charge >= 0.3 is 0 Å². The first-order valence-electron chi connectivity index (χ1n) is 3.68. The standard InChI is InChI=1S/C9H9BrO3/c1-12-7-2-3-9(8(10)6-7)13-5-4-11/h2-4,6H,5H2,1H3. The molecule has 1 aromatic rings. The Morgan fingerprint density at radius 2 is 2.31 bits per heavy atom. The van der Waals surface area contributed by atoms with E-state index in [0.29, 0.717) is 12.0 Å². The zero-order chi connectivity index (χ0) is 9.68. The summed E-state index contributed by atoms with van der Waals surface area (Å²) in [5, 5.41) is 0. The van der Waals surface area contributed by atoms with Gasteiger partial charge in [-0.15, -0.1) is 0 Å². The molecule has 4 heteroatoms. The molecular formula is C9H9BrO3. The lowest BCUT2D eigenvalue weighted by atomic mass is 10.3. The first-order valence-corrected chi connectivity index (χ1v) is 4.47. The summed E-state index contributed by atoms with van der Waals surface area (Å²) < 4.78 is 10.9. The van der Waals surface area contributed by atoms with Crippen molar-refractivity contribution in [3.8, 4) is 11.5 Å². The van der Waals surface area contributed by atoms with E-state index in [1.54, 1.807) is 25.3 Å². The normalized spacial score (nSPS) is 9.38. The number of hydrogen-bond acceptors (Lipinski definition) is 3. The van der Waals surface area contributed by atoms with Crippen LogP contribution in [-0.2, 0) is 4.79 Å². The Balaban J connectivity index is 2.78. The van der Waals surface area contributed by atoms with Gasteiger partial charge in [0.1, 0.15) is 18.1 Å². The monoisotopic (exact) mass is 244 g/mol. The van der Waals surface area contributed by atoms with Crippen molar-refractivity contribution in [3.05, 3.63) is 22.7 Å². The molecule has 0 saturated carbocycles. The molecule has 0 heterocycles. The lowest BCUT2D eigenvalue weighted by Gasteiger charge is -2.06. The number of methoxy groups -OCH3 is 1. The predicted octanol–water partition coefficient (Wildman–Crippen LogP) is 2.04. The van der Waals surface area contributed by atoms with Crippen LogP contribution in [0, 0.1) is 0 Å². The zero-order valence-corrected chi connectivity index (χ0v) is 8.71. The second-order valence-corrected chi connectivity index (χ2v) is 3.13. The number of benzene rings is 1. The quantitative estimate of drug-likeness (QED) is 0.761. The highest BCUT2D eigenvalue weighted by molar-refractivity contribution is 9.10. The highest BCUT2D eigenvalue weighted by atomic mass is 79.9. The molecule has 0 aliphatic rings. The van der Waals surface area contributed by atoms with Crippen LogP contribution in [0.4, 0.5) is 0 Å². The molecular weight excluding hydrogens is 236 g/mol. The maximum absolute atomic E-state index is 10.0. The molecule has 0 spiro atoms. The Hall–Kier alpha value is -1.03. The van der Waals surface area contributed by atoms with Crippen LogP contribution in [0.3, 0.4) is 0 Å². The summed E-state index contributed by atoms with van der Waals surface area (Å²) in [6.07, 6.45) is 0.705. The Morgan fingerprint density at radius 1 is 1.54 bits per heavy atom. The van der Waals surface area contributed by atoms with Gasteiger partial charge in [-0.3, -0.25) is 4.79 Å². The van der Waals surface area contributed by atoms with E-state index >= 15 is 0 Å². The Bertz CT molecular complexity index is 299. The Kier molecular flexibility index (Phi) is 3.76. The minimum atomic E-state index is 0.0604. The smallest absolute Gasteiger partial charge is 0.157 e. The number of hydrogen-bond donors (Lipinski definition) is 0. The minimum absolute atomic E-state index is 0.0604. The van der Waals surface area contributed by atoms with Gasteiger partial charge in [-0.2, -0.15) is 0 Å². The summed E-state index contributed by atoms with van der Waals surface area (Å²) in [6.45, 7) is 0.0604. The van der Waals surface area contributed by atoms with E-state index in [1.165, 1.54) is 0 Å². The molecule has 3 nitrogen and oxygen atoms in total. The molecule has 13 heavy (non-hydrogen) atoms. The van der Waals surface area contributed by atoms with Gasteiger partial charge in [-0.25, -0.2) is 0 Å². The largest absolute Gasteiger partial charge is 0.497 e. The number of ether oxygens (including phenoxy) is 2. The van der Waals surface area contributed by atoms with E-state index < -0.39 is 0 Å². The van der Waals surface area contributed by atoms with E-state index in [4.69, 9.17) is 9.47 Å². The van der Waals surface area contributed by atoms with Crippen LogP contribution in [0.5, 0.6) is 11.5 Å². The molecule has 70 valence electrons. The average molecular weight is 245 g/mol. The van der Waals surface area contributed by atoms with E-state index in [9.17, 15) is 4.79 Å². The first-order chi connectivity index (χ1) is 6.27. The van der Waals surface area contributed by atoms with Gasteiger partial charge in [0, 0.05) is 0 Å². The molecule has 0 aromatic heterocycles. The van der Waals surface area contributed by atoms with Crippen molar-refractivity contribution in [2.24, 2.45) is 0 Å². The molecule has 0 amide bonds. The van der Waals surface area contributed by atoms with Gasteiger partial charge in [0.2, 0.25) is 0 Å². The van der Waals surface area contributed by atoms with Crippen LogP contribution in [0.15, 0.2) is 22.7 Å². The summed E-state index contributed by atoms with van der Waals surface area (Å²) in [4.78, 5) is 10.0. The SMILES string of the molecule is COc1ccc(OCC=O)c(Br)c1. The molecule has 0 unspecified atom stereocenters. The molecule has 1 rings (SSSR count). The van der Waals surface area contributed by atoms with Gasteiger partial charge in [0.05, 0.1) is 11.6 Å². The van der Waals surface area contributed by atoms with Gasteiger partial charge in [0.15, 0.2) is 6.29 Å². The lowest BCUT2D eigenvalue weighted by Crippen LogP contribution is -1.98. The highest BCUT2D eigenvalue weighted by Crippen LogP contribution is 2.28. The van der Waals surface area contributed by atoms with E-state index in [1.807, 2.05) is 0 Å².